The molecule has 2 fully saturated rings. The SMILES string of the molecule is C=C(C)C[C@@H]1OC2=C(C(=O)c3ccc(O)c(O)c3)C(=O)[C@]3(CC=C(C)C)C(=O)[C@]2(C[C@@H](CC=C(C)C)C3(C)C)C[C@H]1C(=C)C. The van der Waals surface area contributed by atoms with E-state index in [-0.39, 0.29) is 46.7 Å². The van der Waals surface area contributed by atoms with Crippen molar-refractivity contribution in [2.75, 3.05) is 0 Å². The normalized spacial score (nSPS) is 28.9. The third-order valence-corrected chi connectivity index (χ3v) is 10.4. The number of allylic oxidation sites excluding steroid dienone is 6. The largest absolute Gasteiger partial charge is 0.504 e. The number of fused-ring (bicyclic) bond motifs is 1. The van der Waals surface area contributed by atoms with Crippen LogP contribution in [0, 0.1) is 28.1 Å². The lowest BCUT2D eigenvalue weighted by Gasteiger charge is -2.63. The molecule has 0 aromatic heterocycles. The minimum absolute atomic E-state index is 0.0389. The molecule has 0 amide bonds. The van der Waals surface area contributed by atoms with Crippen molar-refractivity contribution in [1.82, 2.24) is 0 Å². The first-order valence-corrected chi connectivity index (χ1v) is 15.5. The van der Waals surface area contributed by atoms with Gasteiger partial charge in [-0.3, -0.25) is 14.4 Å². The van der Waals surface area contributed by atoms with Gasteiger partial charge < -0.3 is 14.9 Å². The number of rotatable bonds is 9. The summed E-state index contributed by atoms with van der Waals surface area (Å²) in [6.45, 7) is 24.2. The minimum atomic E-state index is -1.51. The molecular weight excluding hydrogens is 552 g/mol. The average Bonchev–Trinajstić information content (AvgIpc) is 2.91. The van der Waals surface area contributed by atoms with Crippen molar-refractivity contribution >= 4 is 17.3 Å². The lowest BCUT2D eigenvalue weighted by molar-refractivity contribution is -0.180. The predicted octanol–water partition coefficient (Wildman–Crippen LogP) is 8.37. The fourth-order valence-electron chi connectivity index (χ4n) is 7.74. The number of carbonyl (C=O) groups excluding carboxylic acids is 3. The predicted molar refractivity (Wildman–Crippen MR) is 173 cm³/mol. The highest BCUT2D eigenvalue weighted by Crippen LogP contribution is 2.69. The summed E-state index contributed by atoms with van der Waals surface area (Å²) in [7, 11) is 0. The van der Waals surface area contributed by atoms with E-state index in [9.17, 15) is 15.0 Å². The highest BCUT2D eigenvalue weighted by Gasteiger charge is 2.74. The topological polar surface area (TPSA) is 101 Å². The summed E-state index contributed by atoms with van der Waals surface area (Å²) >= 11 is 0. The van der Waals surface area contributed by atoms with Crippen LogP contribution < -0.4 is 0 Å². The summed E-state index contributed by atoms with van der Waals surface area (Å²) < 4.78 is 6.77. The first-order valence-electron chi connectivity index (χ1n) is 15.5. The number of phenols is 2. The van der Waals surface area contributed by atoms with Crippen molar-refractivity contribution in [1.29, 1.82) is 0 Å². The Hall–Kier alpha value is -3.67. The summed E-state index contributed by atoms with van der Waals surface area (Å²) in [5, 5.41) is 20.2. The molecule has 3 aliphatic rings. The van der Waals surface area contributed by atoms with Crippen LogP contribution in [0.2, 0.25) is 0 Å². The Balaban J connectivity index is 2.11. The summed E-state index contributed by atoms with van der Waals surface area (Å²) in [5.41, 5.74) is 0.283. The van der Waals surface area contributed by atoms with Crippen LogP contribution in [-0.2, 0) is 14.3 Å². The summed E-state index contributed by atoms with van der Waals surface area (Å²) in [6.07, 6.45) is 5.83. The zero-order valence-electron chi connectivity index (χ0n) is 27.6. The molecule has 1 aliphatic heterocycles. The van der Waals surface area contributed by atoms with Crippen LogP contribution in [-0.4, -0.2) is 33.7 Å². The first kappa shape index (κ1) is 33.2. The molecular formula is C38H48O6. The monoisotopic (exact) mass is 600 g/mol. The third-order valence-electron chi connectivity index (χ3n) is 10.4. The van der Waals surface area contributed by atoms with Crippen molar-refractivity contribution in [2.45, 2.75) is 93.6 Å². The lowest BCUT2D eigenvalue weighted by Crippen LogP contribution is -2.68. The van der Waals surface area contributed by atoms with E-state index in [1.54, 1.807) is 0 Å². The number of benzene rings is 1. The van der Waals surface area contributed by atoms with Crippen LogP contribution in [0.1, 0.15) is 97.9 Å². The number of hydrogen-bond donors (Lipinski definition) is 2. The standard InChI is InChI=1S/C38H48O6/c1-21(2)11-13-26-19-37-20-27(24(7)8)30(17-23(5)6)44-34(37)31(32(41)25-12-14-28(39)29(40)18-25)33(42)38(35(37)43,36(26,9)10)16-15-22(3)4/h11-12,14-15,18,26-27,30,39-40H,5,7,13,16-17,19-20H2,1-4,6,8-10H3/t26-,27+,30+,37-,38-/m1/s1. The molecule has 1 aromatic rings. The maximum Gasteiger partial charge on any atom is 0.200 e. The van der Waals surface area contributed by atoms with E-state index < -0.39 is 39.7 Å². The van der Waals surface area contributed by atoms with Gasteiger partial charge in [-0.2, -0.15) is 0 Å². The Kier molecular flexibility index (Phi) is 8.82. The molecule has 44 heavy (non-hydrogen) atoms. The van der Waals surface area contributed by atoms with Gasteiger partial charge in [-0.1, -0.05) is 54.9 Å². The third kappa shape index (κ3) is 5.20. The lowest BCUT2D eigenvalue weighted by atomic mass is 9.39. The first-order chi connectivity index (χ1) is 20.4. The van der Waals surface area contributed by atoms with Gasteiger partial charge in [0.2, 0.25) is 0 Å². The van der Waals surface area contributed by atoms with Gasteiger partial charge in [-0.05, 0) is 96.8 Å². The highest BCUT2D eigenvalue weighted by atomic mass is 16.5. The molecule has 0 radical (unpaired) electrons. The fourth-order valence-corrected chi connectivity index (χ4v) is 7.74. The van der Waals surface area contributed by atoms with Crippen LogP contribution in [0.4, 0.5) is 0 Å². The molecule has 1 saturated heterocycles. The molecule has 0 unspecified atom stereocenters. The molecule has 1 heterocycles. The Morgan fingerprint density at radius 2 is 1.61 bits per heavy atom. The molecule has 236 valence electrons. The van der Waals surface area contributed by atoms with E-state index >= 15 is 9.59 Å². The number of phenolic OH excluding ortho intramolecular Hbond substituents is 2. The molecule has 2 aliphatic carbocycles. The molecule has 5 atom stereocenters. The van der Waals surface area contributed by atoms with Crippen LogP contribution in [0.3, 0.4) is 0 Å². The minimum Gasteiger partial charge on any atom is -0.504 e. The van der Waals surface area contributed by atoms with Crippen molar-refractivity contribution in [3.63, 3.8) is 0 Å². The van der Waals surface area contributed by atoms with Crippen LogP contribution in [0.25, 0.3) is 0 Å². The van der Waals surface area contributed by atoms with Crippen LogP contribution >= 0.6 is 0 Å². The van der Waals surface area contributed by atoms with Gasteiger partial charge in [-0.25, -0.2) is 0 Å². The van der Waals surface area contributed by atoms with Gasteiger partial charge in [0.15, 0.2) is 28.8 Å². The van der Waals surface area contributed by atoms with Crippen molar-refractivity contribution < 1.29 is 29.3 Å². The molecule has 2 bridgehead atoms. The van der Waals surface area contributed by atoms with Gasteiger partial charge in [0.1, 0.15) is 22.9 Å². The van der Waals surface area contributed by atoms with E-state index in [1.807, 2.05) is 61.5 Å². The summed E-state index contributed by atoms with van der Waals surface area (Å²) in [6, 6.07) is 3.77. The van der Waals surface area contributed by atoms with E-state index in [4.69, 9.17) is 4.74 Å². The summed E-state index contributed by atoms with van der Waals surface area (Å²) in [5.74, 6) is -2.26. The Labute approximate surface area is 262 Å². The highest BCUT2D eigenvalue weighted by molar-refractivity contribution is 6.35. The van der Waals surface area contributed by atoms with Crippen LogP contribution in [0.15, 0.2) is 77.1 Å². The number of Topliss-reactive ketones (excluding diaryl/α,β-unsaturated/α-hetero) is 3. The average molecular weight is 601 g/mol. The number of ketones is 3. The van der Waals surface area contributed by atoms with E-state index in [0.29, 0.717) is 25.7 Å². The Bertz CT molecular complexity index is 1530. The summed E-state index contributed by atoms with van der Waals surface area (Å²) in [4.78, 5) is 44.9. The zero-order valence-corrected chi connectivity index (χ0v) is 27.6. The number of aromatic hydroxyl groups is 2. The maximum atomic E-state index is 15.3. The second kappa shape index (κ2) is 11.7. The molecule has 4 rings (SSSR count). The van der Waals surface area contributed by atoms with Gasteiger partial charge >= 0.3 is 0 Å². The van der Waals surface area contributed by atoms with Gasteiger partial charge in [0, 0.05) is 17.9 Å². The van der Waals surface area contributed by atoms with Crippen molar-refractivity contribution in [3.05, 3.63) is 82.7 Å². The van der Waals surface area contributed by atoms with Crippen LogP contribution in [0.5, 0.6) is 11.5 Å². The van der Waals surface area contributed by atoms with Gasteiger partial charge in [-0.15, -0.1) is 6.58 Å². The Morgan fingerprint density at radius 3 is 2.16 bits per heavy atom. The quantitative estimate of drug-likeness (QED) is 0.0971. The van der Waals surface area contributed by atoms with Crippen molar-refractivity contribution in [2.24, 2.45) is 28.1 Å². The van der Waals surface area contributed by atoms with E-state index in [0.717, 1.165) is 28.4 Å². The molecule has 2 N–H and O–H groups in total. The second-order valence-electron chi connectivity index (χ2n) is 14.5. The van der Waals surface area contributed by atoms with Crippen molar-refractivity contribution in [3.8, 4) is 11.5 Å². The van der Waals surface area contributed by atoms with Gasteiger partial charge in [0.05, 0.1) is 5.41 Å². The zero-order chi connectivity index (χ0) is 32.9. The molecule has 1 saturated carbocycles. The second-order valence-corrected chi connectivity index (χ2v) is 14.5. The van der Waals surface area contributed by atoms with Gasteiger partial charge in [0.25, 0.3) is 0 Å². The van der Waals surface area contributed by atoms with E-state index in [2.05, 4.69) is 19.2 Å². The molecule has 1 aromatic carbocycles. The Morgan fingerprint density at radius 1 is 0.977 bits per heavy atom. The number of hydrogen-bond acceptors (Lipinski definition) is 6. The number of carbonyl (C=O) groups is 3. The molecule has 6 heteroatoms. The molecule has 1 spiro atoms. The van der Waals surface area contributed by atoms with E-state index in [1.165, 1.54) is 12.1 Å². The number of ether oxygens (including phenoxy) is 1. The maximum absolute atomic E-state index is 15.3. The smallest absolute Gasteiger partial charge is 0.200 e. The molecule has 6 nitrogen and oxygen atoms in total. The fraction of sp³-hybridized carbons (Fsp3) is 0.500.